The molecule has 0 heterocycles. The molecule has 5 nitrogen and oxygen atoms in total. The minimum Gasteiger partial charge on any atom is -0.396 e. The Morgan fingerprint density at radius 2 is 0.561 bits per heavy atom. The zero-order chi connectivity index (χ0) is 99.2. The minimum atomic E-state index is -0.846. The van der Waals surface area contributed by atoms with E-state index in [9.17, 15) is 25.5 Å². The number of hydrogen-bond donors (Lipinski definition) is 5. The first-order chi connectivity index (χ1) is 55.6. The topological polar surface area (TPSA) is 101 Å². The lowest BCUT2D eigenvalue weighted by atomic mass is 9.65. The molecule has 1 saturated carbocycles. The molecule has 0 radical (unpaired) electrons. The molecule has 6 unspecified atom stereocenters. The quantitative estimate of drug-likeness (QED) is 0.0391. The summed E-state index contributed by atoms with van der Waals surface area (Å²) in [4.78, 5) is 0. The molecule has 0 aromatic heterocycles. The van der Waals surface area contributed by atoms with Crippen LogP contribution in [0.1, 0.15) is 503 Å². The van der Waals surface area contributed by atoms with Crippen molar-refractivity contribution < 1.29 is 25.5 Å². The average molecular weight is 1750 g/mol. The summed E-state index contributed by atoms with van der Waals surface area (Å²) in [5.74, 6) is 24.4. The van der Waals surface area contributed by atoms with E-state index in [0.717, 1.165) is 156 Å². The largest absolute Gasteiger partial charge is 0.396 e. The van der Waals surface area contributed by atoms with Gasteiger partial charge in [0.15, 0.2) is 0 Å². The molecule has 0 bridgehead atoms. The molecule has 752 valence electrons. The fraction of sp³-hybridized carbons (Fsp3) is 0.983. The van der Waals surface area contributed by atoms with E-state index in [1.807, 2.05) is 27.7 Å². The van der Waals surface area contributed by atoms with Crippen LogP contribution in [0.15, 0.2) is 11.6 Å². The third kappa shape index (κ3) is 78.7. The Balaban J connectivity index is -0.000000202. The van der Waals surface area contributed by atoms with Crippen molar-refractivity contribution in [1.82, 2.24) is 0 Å². The van der Waals surface area contributed by atoms with E-state index >= 15 is 0 Å². The van der Waals surface area contributed by atoms with Gasteiger partial charge in [0.1, 0.15) is 0 Å². The van der Waals surface area contributed by atoms with Crippen LogP contribution in [0, 0.1) is 217 Å². The van der Waals surface area contributed by atoms with Crippen LogP contribution in [0.3, 0.4) is 0 Å². The van der Waals surface area contributed by atoms with E-state index in [4.69, 9.17) is 0 Å². The number of allylic oxidation sites excluding steroid dienone is 2. The van der Waals surface area contributed by atoms with Gasteiger partial charge in [0, 0.05) is 12.5 Å². The second kappa shape index (κ2) is 73.9. The van der Waals surface area contributed by atoms with Crippen LogP contribution in [0.25, 0.3) is 0 Å². The molecule has 1 aliphatic rings. The lowest BCUT2D eigenvalue weighted by molar-refractivity contribution is -0.0829. The highest BCUT2D eigenvalue weighted by atomic mass is 16.3. The van der Waals surface area contributed by atoms with Gasteiger partial charge >= 0.3 is 0 Å². The lowest BCUT2D eigenvalue weighted by Crippen LogP contribution is -2.43. The molecule has 0 aromatic rings. The molecule has 123 heavy (non-hydrogen) atoms. The first-order valence-electron chi connectivity index (χ1n) is 53.6. The molecule has 0 aliphatic heterocycles. The first-order valence-corrected chi connectivity index (χ1v) is 53.6. The maximum absolute atomic E-state index is 10.3. The van der Waals surface area contributed by atoms with Crippen LogP contribution < -0.4 is 0 Å². The highest BCUT2D eigenvalue weighted by molar-refractivity contribution is 5.06. The van der Waals surface area contributed by atoms with E-state index in [1.54, 1.807) is 5.57 Å². The average Bonchev–Trinajstić information content (AvgIpc) is 0.876. The lowest BCUT2D eigenvalue weighted by Gasteiger charge is -2.40. The zero-order valence-electron chi connectivity index (χ0n) is 96.2. The van der Waals surface area contributed by atoms with Gasteiger partial charge in [-0.15, -0.1) is 0 Å². The standard InChI is InChI=1S/C15H32O3.C15H30.C14H30O.C14H30.C13H28.C12H26O.C12H26.C12H24.C11H24/c1-9(2)7-12(16)14(11(5)6)15(18)13(17)8-10(3)4;1-10(2)13-7-14(11(3)4)9-15(8-13)12(5)6;1-11(2)7-14(10-15,8-12(3)4)9-13(5)6;1-11(2)8-14(7,9-12(3)4)10-13(5)6;1-10(2)8-13(7,12(5)6)9-11(3)4;1-8(2)7-11(9(3)4)12(13)10(5)6;2*1-9(2)7-12(11(5)6)8-10(3)4;1-8(2)7-11(9(3)4)10(5)6/h9-18H,7-8H2,1-6H3;10-15H,7-9H2,1-6H3;11-13,15H,7-10H2,1-6H3;11-13H,8-10H2,1-7H3;10-12H,8-9H2,1-7H3;8-13H,7H2,1-6H3;9-12H,7-8H2,1-6H3;7,9-11H,8H2,1-6H3;8-11H,7H2,1-6H3/b;;;;;;;12-7-;. The summed E-state index contributed by atoms with van der Waals surface area (Å²) >= 11 is 0. The van der Waals surface area contributed by atoms with Gasteiger partial charge in [-0.2, -0.15) is 0 Å². The third-order valence-electron chi connectivity index (χ3n) is 26.4. The smallest absolute Gasteiger partial charge is 0.0854 e. The zero-order valence-corrected chi connectivity index (χ0v) is 96.2. The third-order valence-corrected chi connectivity index (χ3v) is 26.4. The fourth-order valence-electron chi connectivity index (χ4n) is 21.3. The molecular formula is C118H250O5. The number of hydrogen-bond acceptors (Lipinski definition) is 5. The van der Waals surface area contributed by atoms with E-state index in [-0.39, 0.29) is 23.4 Å². The van der Waals surface area contributed by atoms with Crippen molar-refractivity contribution >= 4 is 0 Å². The van der Waals surface area contributed by atoms with Crippen molar-refractivity contribution in [3.8, 4) is 0 Å². The van der Waals surface area contributed by atoms with E-state index in [2.05, 4.69) is 366 Å². The van der Waals surface area contributed by atoms with Crippen LogP contribution in [0.5, 0.6) is 0 Å². The van der Waals surface area contributed by atoms with Crippen molar-refractivity contribution in [3.63, 3.8) is 0 Å². The molecule has 5 heteroatoms. The van der Waals surface area contributed by atoms with Gasteiger partial charge in [-0.05, 0) is 327 Å². The molecule has 1 fully saturated rings. The summed E-state index contributed by atoms with van der Waals surface area (Å²) in [6.07, 6.45) is 22.7. The normalized spacial score (nSPS) is 16.9. The van der Waals surface area contributed by atoms with Crippen molar-refractivity contribution in [2.24, 2.45) is 217 Å². The summed E-state index contributed by atoms with van der Waals surface area (Å²) in [5.41, 5.74) is 2.90. The van der Waals surface area contributed by atoms with Crippen molar-refractivity contribution in [1.29, 1.82) is 0 Å². The molecule has 0 aromatic carbocycles. The van der Waals surface area contributed by atoms with Crippen molar-refractivity contribution in [3.05, 3.63) is 11.6 Å². The highest BCUT2D eigenvalue weighted by Crippen LogP contribution is 2.45. The van der Waals surface area contributed by atoms with Crippen molar-refractivity contribution in [2.45, 2.75) is 528 Å². The SMILES string of the molecule is CC(C)/C=C(/CC(C)C)C(C)C.CC(C)C1CC(C(C)C)CC(C(C)C)C1.CC(C)CC(C(C)C)C(C)C.CC(C)CC(C(C)C)C(O)C(C)C.CC(C)CC(C)(CC(C)C)C(C)C.CC(C)CC(C)(CC(C)C)CC(C)C.CC(C)CC(CC(C)C)C(C)C.CC(C)CC(CO)(CC(C)C)CC(C)C.CC(C)CC(O)C(O)C(C(C)C)C(O)CC(C)C. The molecule has 6 atom stereocenters. The van der Waals surface area contributed by atoms with Crippen LogP contribution in [-0.2, 0) is 0 Å². The predicted molar refractivity (Wildman–Crippen MR) is 566 cm³/mol. The Kier molecular flexibility index (Phi) is 82.9. The molecule has 0 amide bonds. The molecule has 1 aliphatic carbocycles. The van der Waals surface area contributed by atoms with Crippen LogP contribution in [0.2, 0.25) is 0 Å². The summed E-state index contributed by atoms with van der Waals surface area (Å²) in [7, 11) is 0. The van der Waals surface area contributed by atoms with Crippen LogP contribution in [-0.4, -0.2) is 56.6 Å². The molecule has 0 saturated heterocycles. The summed E-state index contributed by atoms with van der Waals surface area (Å²) in [6.45, 7) is 128. The highest BCUT2D eigenvalue weighted by Gasteiger charge is 2.37. The van der Waals surface area contributed by atoms with Crippen molar-refractivity contribution in [2.75, 3.05) is 6.61 Å². The van der Waals surface area contributed by atoms with Gasteiger partial charge in [0.2, 0.25) is 0 Å². The van der Waals surface area contributed by atoms with E-state index < -0.39 is 18.3 Å². The Labute approximate surface area is 784 Å². The van der Waals surface area contributed by atoms with Gasteiger partial charge in [-0.25, -0.2) is 0 Å². The second-order valence-electron chi connectivity index (χ2n) is 52.5. The predicted octanol–water partition coefficient (Wildman–Crippen LogP) is 37.3. The summed E-state index contributed by atoms with van der Waals surface area (Å²) in [5, 5.41) is 50.3. The van der Waals surface area contributed by atoms with Gasteiger partial charge in [0.25, 0.3) is 0 Å². The maximum Gasteiger partial charge on any atom is 0.0854 e. The Hall–Kier alpha value is -0.460. The molecule has 5 N–H and O–H groups in total. The Morgan fingerprint density at radius 1 is 0.285 bits per heavy atom. The van der Waals surface area contributed by atoms with Crippen LogP contribution in [0.4, 0.5) is 0 Å². The summed E-state index contributed by atoms with van der Waals surface area (Å²) in [6, 6.07) is 0. The van der Waals surface area contributed by atoms with Gasteiger partial charge in [0.05, 0.1) is 24.4 Å². The maximum atomic E-state index is 10.3. The van der Waals surface area contributed by atoms with E-state index in [0.29, 0.717) is 89.5 Å². The van der Waals surface area contributed by atoms with Crippen LogP contribution >= 0.6 is 0 Å². The summed E-state index contributed by atoms with van der Waals surface area (Å²) < 4.78 is 0. The number of aliphatic hydroxyl groups is 5. The first kappa shape index (κ1) is 138. The van der Waals surface area contributed by atoms with E-state index in [1.165, 1.54) is 77.0 Å². The Morgan fingerprint density at radius 3 is 0.748 bits per heavy atom. The monoisotopic (exact) mass is 1750 g/mol. The second-order valence-corrected chi connectivity index (χ2v) is 52.5. The number of aliphatic hydroxyl groups excluding tert-OH is 5. The minimum absolute atomic E-state index is 0.137. The fourth-order valence-corrected chi connectivity index (χ4v) is 21.3. The van der Waals surface area contributed by atoms with Gasteiger partial charge < -0.3 is 25.5 Å². The van der Waals surface area contributed by atoms with Gasteiger partial charge in [-0.1, -0.05) is 399 Å². The molecule has 0 spiro atoms. The number of rotatable bonds is 47. The van der Waals surface area contributed by atoms with Gasteiger partial charge in [-0.3, -0.25) is 0 Å². The Bertz CT molecular complexity index is 2170. The molecular weight excluding hydrogens is 1500 g/mol. The molecule has 1 rings (SSSR count).